The Bertz CT molecular complexity index is 470. The fourth-order valence-corrected chi connectivity index (χ4v) is 4.47. The van der Waals surface area contributed by atoms with Gasteiger partial charge in [-0.05, 0) is 38.5 Å². The summed E-state index contributed by atoms with van der Waals surface area (Å²) in [6.45, 7) is 8.08. The number of nitrogens with one attached hydrogen (secondary N) is 2. The number of nitrogens with zero attached hydrogens (tertiary/aromatic N) is 2. The summed E-state index contributed by atoms with van der Waals surface area (Å²) in [4.78, 5) is 6.85. The summed E-state index contributed by atoms with van der Waals surface area (Å²) in [6, 6.07) is 0.532. The Balaban J connectivity index is 1.75. The Morgan fingerprint density at radius 2 is 1.83 bits per heavy atom. The van der Waals surface area contributed by atoms with Crippen LogP contribution in [0.3, 0.4) is 0 Å². The van der Waals surface area contributed by atoms with Crippen molar-refractivity contribution in [2.24, 2.45) is 10.9 Å². The first-order chi connectivity index (χ1) is 11.0. The van der Waals surface area contributed by atoms with Gasteiger partial charge in [-0.25, -0.2) is 8.42 Å². The molecule has 0 aromatic carbocycles. The van der Waals surface area contributed by atoms with Crippen LogP contribution in [0, 0.1) is 5.92 Å². The molecule has 0 bridgehead atoms. The van der Waals surface area contributed by atoms with Crippen molar-refractivity contribution in [2.75, 3.05) is 44.2 Å². The van der Waals surface area contributed by atoms with E-state index < -0.39 is 9.84 Å². The Labute approximate surface area is 141 Å². The minimum absolute atomic E-state index is 0.287. The van der Waals surface area contributed by atoms with Crippen LogP contribution in [0.25, 0.3) is 0 Å². The molecule has 1 aliphatic heterocycles. The van der Waals surface area contributed by atoms with Gasteiger partial charge in [-0.2, -0.15) is 0 Å². The molecule has 7 heteroatoms. The molecule has 0 amide bonds. The Hall–Kier alpha value is -0.820. The van der Waals surface area contributed by atoms with Crippen LogP contribution < -0.4 is 10.6 Å². The van der Waals surface area contributed by atoms with Crippen LogP contribution in [0.5, 0.6) is 0 Å². The third-order valence-electron chi connectivity index (χ3n) is 4.82. The molecule has 2 fully saturated rings. The van der Waals surface area contributed by atoms with Crippen LogP contribution in [0.4, 0.5) is 0 Å². The summed E-state index contributed by atoms with van der Waals surface area (Å²) < 4.78 is 22.9. The molecule has 1 saturated carbocycles. The van der Waals surface area contributed by atoms with E-state index in [1.54, 1.807) is 0 Å². The first-order valence-electron chi connectivity index (χ1n) is 8.96. The van der Waals surface area contributed by atoms with Gasteiger partial charge in [0.2, 0.25) is 0 Å². The van der Waals surface area contributed by atoms with Crippen LogP contribution in [0.1, 0.15) is 39.5 Å². The second-order valence-electron chi connectivity index (χ2n) is 6.86. The SMILES string of the molecule is CCNC(=NCCN1CCS(=O)(=O)CC1)NC1CCC(C)CC1. The highest BCUT2D eigenvalue weighted by molar-refractivity contribution is 7.91. The van der Waals surface area contributed by atoms with Gasteiger partial charge in [0.15, 0.2) is 15.8 Å². The highest BCUT2D eigenvalue weighted by atomic mass is 32.2. The third-order valence-corrected chi connectivity index (χ3v) is 6.43. The van der Waals surface area contributed by atoms with E-state index >= 15 is 0 Å². The van der Waals surface area contributed by atoms with Crippen LogP contribution in [-0.2, 0) is 9.84 Å². The van der Waals surface area contributed by atoms with Crippen molar-refractivity contribution in [3.8, 4) is 0 Å². The maximum Gasteiger partial charge on any atom is 0.191 e. The highest BCUT2D eigenvalue weighted by Gasteiger charge is 2.21. The molecule has 134 valence electrons. The molecule has 1 saturated heterocycles. The number of aliphatic imine (C=N–C) groups is 1. The van der Waals surface area contributed by atoms with Gasteiger partial charge < -0.3 is 10.6 Å². The summed E-state index contributed by atoms with van der Waals surface area (Å²) >= 11 is 0. The van der Waals surface area contributed by atoms with Crippen molar-refractivity contribution in [1.29, 1.82) is 0 Å². The number of hydrogen-bond donors (Lipinski definition) is 2. The summed E-state index contributed by atoms with van der Waals surface area (Å²) in [5.41, 5.74) is 0. The van der Waals surface area contributed by atoms with Crippen molar-refractivity contribution in [3.63, 3.8) is 0 Å². The molecular formula is C16H32N4O2S. The molecular weight excluding hydrogens is 312 g/mol. The lowest BCUT2D eigenvalue weighted by Crippen LogP contribution is -2.45. The second kappa shape index (κ2) is 8.87. The molecule has 1 aliphatic carbocycles. The summed E-state index contributed by atoms with van der Waals surface area (Å²) in [5, 5.41) is 6.87. The predicted octanol–water partition coefficient (Wildman–Crippen LogP) is 0.851. The molecule has 0 aromatic rings. The van der Waals surface area contributed by atoms with Gasteiger partial charge in [-0.1, -0.05) is 6.92 Å². The molecule has 2 rings (SSSR count). The predicted molar refractivity (Wildman–Crippen MR) is 95.6 cm³/mol. The molecule has 2 aliphatic rings. The Kier molecular flexibility index (Phi) is 7.14. The van der Waals surface area contributed by atoms with Gasteiger partial charge in [0.1, 0.15) is 0 Å². The molecule has 0 atom stereocenters. The summed E-state index contributed by atoms with van der Waals surface area (Å²) in [5.74, 6) is 2.32. The maximum atomic E-state index is 11.4. The quantitative estimate of drug-likeness (QED) is 0.571. The van der Waals surface area contributed by atoms with Crippen LogP contribution in [0.15, 0.2) is 4.99 Å². The monoisotopic (exact) mass is 344 g/mol. The van der Waals surface area contributed by atoms with E-state index in [0.717, 1.165) is 25.0 Å². The first-order valence-corrected chi connectivity index (χ1v) is 10.8. The van der Waals surface area contributed by atoms with E-state index in [2.05, 4.69) is 34.4 Å². The highest BCUT2D eigenvalue weighted by Crippen LogP contribution is 2.23. The molecule has 1 heterocycles. The standard InChI is InChI=1S/C16H32N4O2S/c1-3-17-16(19-15-6-4-14(2)5-7-15)18-8-9-20-10-12-23(21,22)13-11-20/h14-15H,3-13H2,1-2H3,(H2,17,18,19). The lowest BCUT2D eigenvalue weighted by Gasteiger charge is -2.28. The van der Waals surface area contributed by atoms with E-state index in [1.807, 2.05) is 0 Å². The van der Waals surface area contributed by atoms with E-state index in [4.69, 9.17) is 0 Å². The minimum Gasteiger partial charge on any atom is -0.357 e. The van der Waals surface area contributed by atoms with Crippen molar-refractivity contribution in [3.05, 3.63) is 0 Å². The van der Waals surface area contributed by atoms with Gasteiger partial charge in [-0.15, -0.1) is 0 Å². The summed E-state index contributed by atoms with van der Waals surface area (Å²) in [6.07, 6.45) is 5.02. The average molecular weight is 345 g/mol. The fraction of sp³-hybridized carbons (Fsp3) is 0.938. The summed E-state index contributed by atoms with van der Waals surface area (Å²) in [7, 11) is -2.79. The van der Waals surface area contributed by atoms with Crippen molar-refractivity contribution in [2.45, 2.75) is 45.6 Å². The number of sulfone groups is 1. The zero-order chi connectivity index (χ0) is 16.7. The molecule has 23 heavy (non-hydrogen) atoms. The number of hydrogen-bond acceptors (Lipinski definition) is 4. The van der Waals surface area contributed by atoms with Crippen molar-refractivity contribution < 1.29 is 8.42 Å². The van der Waals surface area contributed by atoms with Gasteiger partial charge in [0, 0.05) is 32.2 Å². The molecule has 0 spiro atoms. The smallest absolute Gasteiger partial charge is 0.191 e. The number of guanidine groups is 1. The maximum absolute atomic E-state index is 11.4. The van der Waals surface area contributed by atoms with Crippen LogP contribution in [-0.4, -0.2) is 69.5 Å². The lowest BCUT2D eigenvalue weighted by atomic mass is 9.87. The normalized spacial score (nSPS) is 29.2. The van der Waals surface area contributed by atoms with Crippen molar-refractivity contribution >= 4 is 15.8 Å². The molecule has 0 aromatic heterocycles. The fourth-order valence-electron chi connectivity index (χ4n) is 3.19. The minimum atomic E-state index is -2.79. The zero-order valence-electron chi connectivity index (χ0n) is 14.6. The molecule has 0 unspecified atom stereocenters. The van der Waals surface area contributed by atoms with Gasteiger partial charge in [-0.3, -0.25) is 9.89 Å². The van der Waals surface area contributed by atoms with Gasteiger partial charge in [0.05, 0.1) is 18.1 Å². The molecule has 2 N–H and O–H groups in total. The largest absolute Gasteiger partial charge is 0.357 e. The first kappa shape index (κ1) is 18.5. The molecule has 6 nitrogen and oxygen atoms in total. The Morgan fingerprint density at radius 3 is 2.43 bits per heavy atom. The van der Waals surface area contributed by atoms with Gasteiger partial charge >= 0.3 is 0 Å². The van der Waals surface area contributed by atoms with Crippen molar-refractivity contribution in [1.82, 2.24) is 15.5 Å². The molecule has 0 radical (unpaired) electrons. The average Bonchev–Trinajstić information content (AvgIpc) is 2.51. The van der Waals surface area contributed by atoms with Gasteiger partial charge in [0.25, 0.3) is 0 Å². The number of rotatable bonds is 5. The lowest BCUT2D eigenvalue weighted by molar-refractivity contribution is 0.303. The van der Waals surface area contributed by atoms with E-state index in [-0.39, 0.29) is 11.5 Å². The van der Waals surface area contributed by atoms with E-state index in [0.29, 0.717) is 25.7 Å². The van der Waals surface area contributed by atoms with Crippen LogP contribution in [0.2, 0.25) is 0 Å². The topological polar surface area (TPSA) is 73.8 Å². The second-order valence-corrected chi connectivity index (χ2v) is 9.16. The zero-order valence-corrected chi connectivity index (χ0v) is 15.4. The third kappa shape index (κ3) is 6.67. The Morgan fingerprint density at radius 1 is 1.17 bits per heavy atom. The van der Waals surface area contributed by atoms with E-state index in [1.165, 1.54) is 25.7 Å². The van der Waals surface area contributed by atoms with E-state index in [9.17, 15) is 8.42 Å². The van der Waals surface area contributed by atoms with Crippen LogP contribution >= 0.6 is 0 Å².